The molecule has 1 atom stereocenters. The Morgan fingerprint density at radius 2 is 1.85 bits per heavy atom. The third-order valence-electron chi connectivity index (χ3n) is 3.73. The lowest BCUT2D eigenvalue weighted by atomic mass is 10.0. The molecule has 0 heterocycles. The Morgan fingerprint density at radius 1 is 1.20 bits per heavy atom. The van der Waals surface area contributed by atoms with Gasteiger partial charge in [-0.15, -0.1) is 0 Å². The first-order valence-corrected chi connectivity index (χ1v) is 7.70. The fourth-order valence-electron chi connectivity index (χ4n) is 2.48. The molecule has 0 bridgehead atoms. The van der Waals surface area contributed by atoms with Crippen molar-refractivity contribution in [3.8, 4) is 0 Å². The maximum atomic E-state index is 13.8. The first kappa shape index (κ1) is 17.0. The van der Waals surface area contributed by atoms with Crippen molar-refractivity contribution in [3.63, 3.8) is 0 Å². The summed E-state index contributed by atoms with van der Waals surface area (Å²) in [6, 6.07) is 3.77. The second-order valence-corrected chi connectivity index (χ2v) is 5.94. The molecular formula is C17H29FN2. The van der Waals surface area contributed by atoms with Gasteiger partial charge in [0.25, 0.3) is 0 Å². The van der Waals surface area contributed by atoms with Gasteiger partial charge in [-0.05, 0) is 57.4 Å². The summed E-state index contributed by atoms with van der Waals surface area (Å²) in [6.45, 7) is 11.3. The summed E-state index contributed by atoms with van der Waals surface area (Å²) in [4.78, 5) is 2.35. The maximum absolute atomic E-state index is 13.8. The van der Waals surface area contributed by atoms with Crippen LogP contribution in [-0.2, 0) is 0 Å². The van der Waals surface area contributed by atoms with Gasteiger partial charge in [0.15, 0.2) is 0 Å². The quantitative estimate of drug-likeness (QED) is 0.742. The highest BCUT2D eigenvalue weighted by molar-refractivity contribution is 5.57. The lowest BCUT2D eigenvalue weighted by Crippen LogP contribution is -2.33. The normalized spacial score (nSPS) is 12.8. The molecular weight excluding hydrogens is 251 g/mol. The van der Waals surface area contributed by atoms with Crippen molar-refractivity contribution < 1.29 is 4.39 Å². The lowest BCUT2D eigenvalue weighted by molar-refractivity contribution is 0.602. The van der Waals surface area contributed by atoms with Gasteiger partial charge in [-0.25, -0.2) is 4.39 Å². The molecule has 0 saturated carbocycles. The van der Waals surface area contributed by atoms with E-state index in [2.05, 4.69) is 25.7 Å². The summed E-state index contributed by atoms with van der Waals surface area (Å²) in [7, 11) is 0. The minimum absolute atomic E-state index is 0.160. The Morgan fingerprint density at radius 3 is 2.35 bits per heavy atom. The second-order valence-electron chi connectivity index (χ2n) is 5.94. The molecule has 0 saturated heterocycles. The number of halogens is 1. The van der Waals surface area contributed by atoms with Crippen molar-refractivity contribution in [1.82, 2.24) is 0 Å². The number of rotatable bonds is 7. The zero-order valence-electron chi connectivity index (χ0n) is 13.5. The number of benzene rings is 1. The summed E-state index contributed by atoms with van der Waals surface area (Å²) in [5, 5.41) is 0. The van der Waals surface area contributed by atoms with Gasteiger partial charge < -0.3 is 10.6 Å². The lowest BCUT2D eigenvalue weighted by Gasteiger charge is -2.32. The Bertz CT molecular complexity index is 427. The third-order valence-corrected chi connectivity index (χ3v) is 3.73. The van der Waals surface area contributed by atoms with E-state index in [1.807, 2.05) is 19.9 Å². The Hall–Kier alpha value is -1.09. The molecule has 0 radical (unpaired) electrons. The number of anilines is 1. The van der Waals surface area contributed by atoms with E-state index in [-0.39, 0.29) is 11.9 Å². The molecule has 114 valence electrons. The summed E-state index contributed by atoms with van der Waals surface area (Å²) >= 11 is 0. The fourth-order valence-corrected chi connectivity index (χ4v) is 2.48. The van der Waals surface area contributed by atoms with Crippen molar-refractivity contribution in [2.75, 3.05) is 11.4 Å². The number of nitrogens with two attached hydrogens (primary N) is 1. The highest BCUT2D eigenvalue weighted by Crippen LogP contribution is 2.30. The van der Waals surface area contributed by atoms with Crippen molar-refractivity contribution in [2.24, 2.45) is 5.73 Å². The van der Waals surface area contributed by atoms with Gasteiger partial charge in [0.2, 0.25) is 0 Å². The number of nitrogens with zero attached hydrogens (tertiary/aromatic N) is 1. The van der Waals surface area contributed by atoms with Crippen LogP contribution in [0.5, 0.6) is 0 Å². The molecule has 0 aliphatic carbocycles. The minimum atomic E-state index is -0.168. The van der Waals surface area contributed by atoms with E-state index in [1.165, 1.54) is 12.8 Å². The highest BCUT2D eigenvalue weighted by atomic mass is 19.1. The minimum Gasteiger partial charge on any atom is -0.369 e. The Kier molecular flexibility index (Phi) is 6.47. The summed E-state index contributed by atoms with van der Waals surface area (Å²) in [5.41, 5.74) is 8.71. The second kappa shape index (κ2) is 7.63. The molecule has 1 unspecified atom stereocenters. The van der Waals surface area contributed by atoms with E-state index >= 15 is 0 Å². The zero-order chi connectivity index (χ0) is 15.3. The van der Waals surface area contributed by atoms with Gasteiger partial charge in [0, 0.05) is 24.3 Å². The average molecular weight is 280 g/mol. The van der Waals surface area contributed by atoms with Gasteiger partial charge in [-0.1, -0.05) is 19.8 Å². The van der Waals surface area contributed by atoms with E-state index in [1.54, 1.807) is 6.07 Å². The van der Waals surface area contributed by atoms with E-state index in [9.17, 15) is 4.39 Å². The summed E-state index contributed by atoms with van der Waals surface area (Å²) in [6.07, 6.45) is 3.58. The van der Waals surface area contributed by atoms with Crippen LogP contribution in [0.25, 0.3) is 0 Å². The van der Waals surface area contributed by atoms with Crippen LogP contribution in [0.1, 0.15) is 64.1 Å². The topological polar surface area (TPSA) is 29.3 Å². The van der Waals surface area contributed by atoms with Crippen LogP contribution in [0.2, 0.25) is 0 Å². The Balaban J connectivity index is 3.14. The molecule has 2 nitrogen and oxygen atoms in total. The van der Waals surface area contributed by atoms with Crippen LogP contribution in [0, 0.1) is 12.7 Å². The van der Waals surface area contributed by atoms with Gasteiger partial charge in [-0.2, -0.15) is 0 Å². The SMILES string of the molecule is CCCCCN(c1cc(C)c(F)cc1C(C)N)C(C)C. The fraction of sp³-hybridized carbons (Fsp3) is 0.647. The molecule has 20 heavy (non-hydrogen) atoms. The van der Waals surface area contributed by atoms with E-state index in [0.29, 0.717) is 11.6 Å². The van der Waals surface area contributed by atoms with Crippen LogP contribution in [0.3, 0.4) is 0 Å². The summed E-state index contributed by atoms with van der Waals surface area (Å²) in [5.74, 6) is -0.168. The third kappa shape index (κ3) is 4.20. The van der Waals surface area contributed by atoms with Crippen LogP contribution in [0.15, 0.2) is 12.1 Å². The first-order chi connectivity index (χ1) is 9.38. The van der Waals surface area contributed by atoms with Crippen LogP contribution in [0.4, 0.5) is 10.1 Å². The smallest absolute Gasteiger partial charge is 0.126 e. The van der Waals surface area contributed by atoms with Crippen LogP contribution in [-0.4, -0.2) is 12.6 Å². The predicted octanol–water partition coefficient (Wildman–Crippen LogP) is 4.56. The molecule has 0 spiro atoms. The molecule has 1 aromatic rings. The number of unbranched alkanes of at least 4 members (excludes halogenated alkanes) is 2. The van der Waals surface area contributed by atoms with Crippen molar-refractivity contribution >= 4 is 5.69 Å². The average Bonchev–Trinajstić information content (AvgIpc) is 2.37. The van der Waals surface area contributed by atoms with Crippen molar-refractivity contribution in [3.05, 3.63) is 29.1 Å². The van der Waals surface area contributed by atoms with E-state index < -0.39 is 0 Å². The molecule has 2 N–H and O–H groups in total. The molecule has 0 aliphatic heterocycles. The number of hydrogen-bond acceptors (Lipinski definition) is 2. The predicted molar refractivity (Wildman–Crippen MR) is 85.7 cm³/mol. The highest BCUT2D eigenvalue weighted by Gasteiger charge is 2.18. The van der Waals surface area contributed by atoms with Gasteiger partial charge in [-0.3, -0.25) is 0 Å². The summed E-state index contributed by atoms with van der Waals surface area (Å²) < 4.78 is 13.8. The molecule has 0 aliphatic rings. The van der Waals surface area contributed by atoms with Gasteiger partial charge in [0.1, 0.15) is 5.82 Å². The number of aryl methyl sites for hydroxylation is 1. The van der Waals surface area contributed by atoms with Gasteiger partial charge in [0.05, 0.1) is 0 Å². The van der Waals surface area contributed by atoms with Crippen molar-refractivity contribution in [1.29, 1.82) is 0 Å². The maximum Gasteiger partial charge on any atom is 0.126 e. The molecule has 0 amide bonds. The van der Waals surface area contributed by atoms with Crippen LogP contribution >= 0.6 is 0 Å². The first-order valence-electron chi connectivity index (χ1n) is 7.70. The van der Waals surface area contributed by atoms with Crippen molar-refractivity contribution in [2.45, 2.75) is 66.0 Å². The molecule has 0 fully saturated rings. The molecule has 1 aromatic carbocycles. The zero-order valence-corrected chi connectivity index (χ0v) is 13.5. The monoisotopic (exact) mass is 280 g/mol. The number of hydrogen-bond donors (Lipinski definition) is 1. The molecule has 3 heteroatoms. The molecule has 1 rings (SSSR count). The van der Waals surface area contributed by atoms with Gasteiger partial charge >= 0.3 is 0 Å². The largest absolute Gasteiger partial charge is 0.369 e. The van der Waals surface area contributed by atoms with Crippen LogP contribution < -0.4 is 10.6 Å². The van der Waals surface area contributed by atoms with E-state index in [4.69, 9.17) is 5.73 Å². The standard InChI is InChI=1S/C17H29FN2/c1-6-7-8-9-20(12(2)3)17-10-13(4)16(18)11-15(17)14(5)19/h10-12,14H,6-9,19H2,1-5H3. The van der Waals surface area contributed by atoms with E-state index in [0.717, 1.165) is 24.2 Å². The Labute approximate surface area is 123 Å². The molecule has 0 aromatic heterocycles.